The van der Waals surface area contributed by atoms with Crippen LogP contribution in [0.4, 0.5) is 0 Å². The van der Waals surface area contributed by atoms with Crippen molar-refractivity contribution in [3.8, 4) is 0 Å². The topological polar surface area (TPSA) is 116 Å². The summed E-state index contributed by atoms with van der Waals surface area (Å²) >= 11 is 0. The molecule has 5 aliphatic rings. The molecule has 0 aromatic rings. The van der Waals surface area contributed by atoms with Crippen molar-refractivity contribution in [2.75, 3.05) is 13.1 Å². The SMILES string of the molecule is C=C(C)[C@@H]1CC[C@]2(C(=O)NCCCC(=O)NCCCCCC(=O)O)CC[C@]3(C)[C@H](CC[C@@H]4[C@@]5(C)CC[C@H](O)C(C)(C)[C@@H]5CC[C@]43C)[C@@H]12. The number of unbranched alkanes of at least 4 members (excludes halogenated alkanes) is 2. The summed E-state index contributed by atoms with van der Waals surface area (Å²) in [6.07, 6.45) is 14.0. The van der Waals surface area contributed by atoms with E-state index in [-0.39, 0.29) is 51.4 Å². The minimum atomic E-state index is -0.777. The highest BCUT2D eigenvalue weighted by molar-refractivity contribution is 5.84. The molecular weight excluding hydrogens is 588 g/mol. The molecule has 0 unspecified atom stereocenters. The molecule has 5 saturated carbocycles. The van der Waals surface area contributed by atoms with Crippen LogP contribution in [0, 0.1) is 56.7 Å². The monoisotopic (exact) mass is 654 g/mol. The van der Waals surface area contributed by atoms with Gasteiger partial charge in [0, 0.05) is 25.9 Å². The van der Waals surface area contributed by atoms with E-state index >= 15 is 0 Å². The molecule has 5 rings (SSSR count). The Kier molecular flexibility index (Phi) is 10.4. The second-order valence-corrected chi connectivity index (χ2v) is 18.1. The number of hydrogen-bond donors (Lipinski definition) is 4. The summed E-state index contributed by atoms with van der Waals surface area (Å²) in [6, 6.07) is 0. The molecule has 0 bridgehead atoms. The number of hydrogen-bond acceptors (Lipinski definition) is 4. The number of aliphatic hydroxyl groups is 1. The van der Waals surface area contributed by atoms with Crippen LogP contribution in [0.25, 0.3) is 0 Å². The number of aliphatic carboxylic acids is 1. The van der Waals surface area contributed by atoms with Gasteiger partial charge in [-0.3, -0.25) is 14.4 Å². The molecule has 266 valence electrons. The fourth-order valence-corrected chi connectivity index (χ4v) is 13.0. The molecule has 0 radical (unpaired) electrons. The summed E-state index contributed by atoms with van der Waals surface area (Å²) in [5.74, 6) is 1.80. The van der Waals surface area contributed by atoms with Gasteiger partial charge in [-0.05, 0) is 142 Å². The maximum Gasteiger partial charge on any atom is 0.303 e. The molecule has 10 atom stereocenters. The second-order valence-electron chi connectivity index (χ2n) is 18.1. The van der Waals surface area contributed by atoms with E-state index in [4.69, 9.17) is 5.11 Å². The summed E-state index contributed by atoms with van der Waals surface area (Å²) in [5.41, 5.74) is 1.46. The maximum atomic E-state index is 14.3. The number of carboxylic acids is 1. The van der Waals surface area contributed by atoms with Gasteiger partial charge in [-0.2, -0.15) is 0 Å². The van der Waals surface area contributed by atoms with Crippen molar-refractivity contribution in [2.45, 2.75) is 150 Å². The highest BCUT2D eigenvalue weighted by Crippen LogP contribution is 2.77. The van der Waals surface area contributed by atoms with Gasteiger partial charge in [0.25, 0.3) is 0 Å². The molecule has 0 aromatic heterocycles. The van der Waals surface area contributed by atoms with Crippen molar-refractivity contribution < 1.29 is 24.6 Å². The van der Waals surface area contributed by atoms with E-state index < -0.39 is 5.97 Å². The molecule has 0 spiro atoms. The predicted octanol–water partition coefficient (Wildman–Crippen LogP) is 7.66. The minimum absolute atomic E-state index is 0.00514. The number of aliphatic hydroxyl groups excluding tert-OH is 1. The van der Waals surface area contributed by atoms with Crippen molar-refractivity contribution in [3.05, 3.63) is 12.2 Å². The van der Waals surface area contributed by atoms with Gasteiger partial charge < -0.3 is 20.8 Å². The highest BCUT2D eigenvalue weighted by atomic mass is 16.4. The lowest BCUT2D eigenvalue weighted by molar-refractivity contribution is -0.246. The molecule has 47 heavy (non-hydrogen) atoms. The first kappa shape index (κ1) is 36.4. The number of amides is 2. The molecule has 5 fully saturated rings. The lowest BCUT2D eigenvalue weighted by Crippen LogP contribution is -2.67. The van der Waals surface area contributed by atoms with E-state index in [1.165, 1.54) is 31.3 Å². The number of fused-ring (bicyclic) bond motifs is 7. The minimum Gasteiger partial charge on any atom is -0.481 e. The lowest BCUT2D eigenvalue weighted by Gasteiger charge is -2.72. The number of nitrogens with one attached hydrogen (secondary N) is 2. The normalized spacial score (nSPS) is 41.9. The predicted molar refractivity (Wildman–Crippen MR) is 186 cm³/mol. The Balaban J connectivity index is 1.25. The first-order valence-electron chi connectivity index (χ1n) is 19.1. The van der Waals surface area contributed by atoms with Gasteiger partial charge in [-0.15, -0.1) is 0 Å². The van der Waals surface area contributed by atoms with Crippen LogP contribution in [0.5, 0.6) is 0 Å². The van der Waals surface area contributed by atoms with E-state index in [2.05, 4.69) is 58.8 Å². The third-order valence-electron chi connectivity index (χ3n) is 15.8. The van der Waals surface area contributed by atoms with Crippen molar-refractivity contribution in [2.24, 2.45) is 56.7 Å². The summed E-state index contributed by atoms with van der Waals surface area (Å²) in [7, 11) is 0. The van der Waals surface area contributed by atoms with Crippen molar-refractivity contribution in [3.63, 3.8) is 0 Å². The van der Waals surface area contributed by atoms with Crippen LogP contribution in [0.2, 0.25) is 0 Å². The fourth-order valence-electron chi connectivity index (χ4n) is 13.0. The molecule has 2 amide bonds. The zero-order valence-electron chi connectivity index (χ0n) is 30.5. The van der Waals surface area contributed by atoms with E-state index in [0.29, 0.717) is 61.9 Å². The average molecular weight is 655 g/mol. The van der Waals surface area contributed by atoms with Gasteiger partial charge in [0.15, 0.2) is 0 Å². The molecule has 0 heterocycles. The Morgan fingerprint density at radius 2 is 1.47 bits per heavy atom. The number of carbonyl (C=O) groups excluding carboxylic acids is 2. The van der Waals surface area contributed by atoms with Crippen molar-refractivity contribution in [1.29, 1.82) is 0 Å². The van der Waals surface area contributed by atoms with E-state index in [0.717, 1.165) is 51.4 Å². The molecule has 0 saturated heterocycles. The lowest BCUT2D eigenvalue weighted by atomic mass is 9.32. The van der Waals surface area contributed by atoms with Crippen LogP contribution < -0.4 is 10.6 Å². The van der Waals surface area contributed by atoms with Crippen molar-refractivity contribution in [1.82, 2.24) is 10.6 Å². The van der Waals surface area contributed by atoms with Gasteiger partial charge in [0.05, 0.1) is 11.5 Å². The maximum absolute atomic E-state index is 14.3. The molecule has 0 aliphatic heterocycles. The average Bonchev–Trinajstić information content (AvgIpc) is 3.41. The van der Waals surface area contributed by atoms with Crippen LogP contribution in [0.1, 0.15) is 144 Å². The number of rotatable bonds is 12. The first-order chi connectivity index (χ1) is 22.0. The summed E-state index contributed by atoms with van der Waals surface area (Å²) < 4.78 is 0. The Morgan fingerprint density at radius 1 is 0.745 bits per heavy atom. The van der Waals surface area contributed by atoms with Gasteiger partial charge in [-0.1, -0.05) is 53.2 Å². The molecule has 7 heteroatoms. The Morgan fingerprint density at radius 3 is 2.17 bits per heavy atom. The van der Waals surface area contributed by atoms with Gasteiger partial charge in [0.2, 0.25) is 11.8 Å². The zero-order chi connectivity index (χ0) is 34.4. The molecule has 5 aliphatic carbocycles. The fraction of sp³-hybridized carbons (Fsp3) is 0.875. The first-order valence-corrected chi connectivity index (χ1v) is 19.1. The summed E-state index contributed by atoms with van der Waals surface area (Å²) in [4.78, 5) is 37.4. The Hall–Kier alpha value is -1.89. The third-order valence-corrected chi connectivity index (χ3v) is 15.8. The Labute approximate surface area is 284 Å². The van der Waals surface area contributed by atoms with E-state index in [1.54, 1.807) is 0 Å². The summed E-state index contributed by atoms with van der Waals surface area (Å²) in [6.45, 7) is 20.2. The largest absolute Gasteiger partial charge is 0.481 e. The van der Waals surface area contributed by atoms with Crippen LogP contribution in [0.3, 0.4) is 0 Å². The quantitative estimate of drug-likeness (QED) is 0.127. The van der Waals surface area contributed by atoms with Gasteiger partial charge >= 0.3 is 5.97 Å². The van der Waals surface area contributed by atoms with Gasteiger partial charge in [-0.25, -0.2) is 0 Å². The van der Waals surface area contributed by atoms with Crippen LogP contribution in [0.15, 0.2) is 12.2 Å². The van der Waals surface area contributed by atoms with E-state index in [1.807, 2.05) is 0 Å². The number of carbonyl (C=O) groups is 3. The van der Waals surface area contributed by atoms with Crippen LogP contribution in [-0.4, -0.2) is 47.2 Å². The standard InChI is InChI=1S/C40H66N2O5/c1-26(2)27-16-21-40(35(47)42-25-11-12-32(44)41-24-10-8-9-13-33(45)46)23-22-38(6)28(34(27)40)14-15-30-37(5)19-18-31(43)36(3,4)29(37)17-20-39(30,38)7/h27-31,34,43H,1,8-25H2,2-7H3,(H,41,44)(H,42,47)(H,45,46)/t27-,28+,29-,30+,31-,34+,37-,38+,39+,40-/m0/s1. The molecule has 7 nitrogen and oxygen atoms in total. The molecule has 0 aromatic carbocycles. The van der Waals surface area contributed by atoms with Crippen LogP contribution in [-0.2, 0) is 14.4 Å². The zero-order valence-corrected chi connectivity index (χ0v) is 30.5. The highest BCUT2D eigenvalue weighted by Gasteiger charge is 2.71. The van der Waals surface area contributed by atoms with E-state index in [9.17, 15) is 19.5 Å². The number of allylic oxidation sites excluding steroid dienone is 1. The molecular formula is C40H66N2O5. The molecule has 4 N–H and O–H groups in total. The van der Waals surface area contributed by atoms with Gasteiger partial charge in [0.1, 0.15) is 0 Å². The third kappa shape index (κ3) is 6.11. The second kappa shape index (κ2) is 13.4. The number of carboxylic acid groups (broad SMARTS) is 1. The smallest absolute Gasteiger partial charge is 0.303 e. The Bertz CT molecular complexity index is 1210. The van der Waals surface area contributed by atoms with Crippen LogP contribution >= 0.6 is 0 Å². The summed E-state index contributed by atoms with van der Waals surface area (Å²) in [5, 5.41) is 26.1. The van der Waals surface area contributed by atoms with Crippen molar-refractivity contribution >= 4 is 17.8 Å².